The Morgan fingerprint density at radius 3 is 2.33 bits per heavy atom. The lowest BCUT2D eigenvalue weighted by molar-refractivity contribution is 0.636. The van der Waals surface area contributed by atoms with Gasteiger partial charge >= 0.3 is 0 Å². The minimum atomic E-state index is 0.500. The molecule has 0 saturated carbocycles. The van der Waals surface area contributed by atoms with Gasteiger partial charge in [0.25, 0.3) is 0 Å². The van der Waals surface area contributed by atoms with Crippen molar-refractivity contribution in [2.24, 2.45) is 0 Å². The average Bonchev–Trinajstić information content (AvgIpc) is 2.67. The van der Waals surface area contributed by atoms with Gasteiger partial charge in [0.1, 0.15) is 0 Å². The molecule has 0 radical (unpaired) electrons. The third-order valence-corrected chi connectivity index (χ3v) is 1.96. The highest BCUT2D eigenvalue weighted by molar-refractivity contribution is 5.36. The lowest BCUT2D eigenvalue weighted by Crippen LogP contribution is -1.66. The van der Waals surface area contributed by atoms with Crippen molar-refractivity contribution in [3.05, 3.63) is 60.3 Å². The van der Waals surface area contributed by atoms with E-state index < -0.39 is 0 Å². The molecular weight excluding hydrogens is 187 g/mol. The highest BCUT2D eigenvalue weighted by atomic mass is 19.1. The molecule has 0 fully saturated rings. The van der Waals surface area contributed by atoms with Gasteiger partial charge in [-0.15, -0.1) is 0 Å². The molecule has 1 rings (SSSR count). The van der Waals surface area contributed by atoms with Crippen molar-refractivity contribution in [2.45, 2.75) is 19.8 Å². The standard InChI is InChI=1S/C13H16.CH3F/c1-3-4-5-6-7-8-13-10-9-12(2)11-13;1-2/h3-8,11H,2,9-10H2,1H3;1H3/b4-3-,6-5+,8-7-;. The zero-order valence-corrected chi connectivity index (χ0v) is 9.54. The molecule has 0 aromatic heterocycles. The van der Waals surface area contributed by atoms with Gasteiger partial charge in [-0.25, -0.2) is 0 Å². The number of hydrogen-bond acceptors (Lipinski definition) is 0. The molecule has 1 heteroatoms. The van der Waals surface area contributed by atoms with Crippen molar-refractivity contribution in [1.82, 2.24) is 0 Å². The quantitative estimate of drug-likeness (QED) is 0.595. The van der Waals surface area contributed by atoms with Crippen molar-refractivity contribution >= 4 is 0 Å². The number of rotatable bonds is 3. The van der Waals surface area contributed by atoms with Gasteiger partial charge in [-0.2, -0.15) is 0 Å². The summed E-state index contributed by atoms with van der Waals surface area (Å²) in [5, 5.41) is 0. The summed E-state index contributed by atoms with van der Waals surface area (Å²) in [6.45, 7) is 5.93. The number of hydrogen-bond donors (Lipinski definition) is 0. The molecular formula is C14H19F. The summed E-state index contributed by atoms with van der Waals surface area (Å²) in [5.74, 6) is 0. The van der Waals surface area contributed by atoms with Crippen LogP contribution in [0.15, 0.2) is 60.3 Å². The van der Waals surface area contributed by atoms with Crippen molar-refractivity contribution in [3.63, 3.8) is 0 Å². The smallest absolute Gasteiger partial charge is 0.0785 e. The van der Waals surface area contributed by atoms with Crippen molar-refractivity contribution in [1.29, 1.82) is 0 Å². The molecule has 1 aliphatic carbocycles. The molecule has 0 heterocycles. The van der Waals surface area contributed by atoms with E-state index in [0.717, 1.165) is 12.8 Å². The van der Waals surface area contributed by atoms with Gasteiger partial charge in [-0.05, 0) is 25.3 Å². The van der Waals surface area contributed by atoms with E-state index in [-0.39, 0.29) is 0 Å². The Balaban J connectivity index is 0.000000921. The first-order chi connectivity index (χ1) is 7.33. The second kappa shape index (κ2) is 9.20. The van der Waals surface area contributed by atoms with Crippen LogP contribution in [0.25, 0.3) is 0 Å². The second-order valence-electron chi connectivity index (χ2n) is 3.15. The monoisotopic (exact) mass is 206 g/mol. The summed E-state index contributed by atoms with van der Waals surface area (Å²) in [5.41, 5.74) is 2.63. The van der Waals surface area contributed by atoms with Crippen LogP contribution >= 0.6 is 0 Å². The molecule has 0 unspecified atom stereocenters. The SMILES string of the molecule is C=C1C=C(\C=C/C=C/C=C\C)CC1.CF. The first-order valence-electron chi connectivity index (χ1n) is 5.05. The fraction of sp³-hybridized carbons (Fsp3) is 0.286. The third kappa shape index (κ3) is 6.67. The van der Waals surface area contributed by atoms with E-state index in [2.05, 4.69) is 24.8 Å². The molecule has 0 spiro atoms. The fourth-order valence-electron chi connectivity index (χ4n) is 1.26. The van der Waals surface area contributed by atoms with E-state index in [0.29, 0.717) is 7.18 Å². The van der Waals surface area contributed by atoms with Gasteiger partial charge in [0.15, 0.2) is 0 Å². The van der Waals surface area contributed by atoms with E-state index in [1.165, 1.54) is 11.1 Å². The average molecular weight is 206 g/mol. The zero-order chi connectivity index (χ0) is 11.5. The molecule has 0 aliphatic heterocycles. The largest absolute Gasteiger partial charge is 0.255 e. The van der Waals surface area contributed by atoms with Crippen LogP contribution in [-0.4, -0.2) is 7.18 Å². The first-order valence-corrected chi connectivity index (χ1v) is 5.05. The van der Waals surface area contributed by atoms with Gasteiger partial charge in [-0.3, -0.25) is 4.39 Å². The van der Waals surface area contributed by atoms with Gasteiger partial charge in [0.05, 0.1) is 7.18 Å². The third-order valence-electron chi connectivity index (χ3n) is 1.96. The molecule has 15 heavy (non-hydrogen) atoms. The fourth-order valence-corrected chi connectivity index (χ4v) is 1.26. The maximum atomic E-state index is 9.50. The molecule has 0 atom stereocenters. The van der Waals surface area contributed by atoms with Crippen molar-refractivity contribution < 1.29 is 4.39 Å². The molecule has 82 valence electrons. The Morgan fingerprint density at radius 2 is 1.80 bits per heavy atom. The molecule has 0 N–H and O–H groups in total. The topological polar surface area (TPSA) is 0 Å². The Hall–Kier alpha value is -1.37. The van der Waals surface area contributed by atoms with Crippen molar-refractivity contribution in [3.8, 4) is 0 Å². The number of alkyl halides is 1. The Morgan fingerprint density at radius 1 is 1.13 bits per heavy atom. The van der Waals surface area contributed by atoms with Crippen LogP contribution in [0.3, 0.4) is 0 Å². The van der Waals surface area contributed by atoms with Gasteiger partial charge in [0.2, 0.25) is 0 Å². The van der Waals surface area contributed by atoms with Crippen LogP contribution in [0.1, 0.15) is 19.8 Å². The highest BCUT2D eigenvalue weighted by Crippen LogP contribution is 2.22. The van der Waals surface area contributed by atoms with E-state index in [1.807, 2.05) is 31.2 Å². The van der Waals surface area contributed by atoms with Crippen LogP contribution < -0.4 is 0 Å². The van der Waals surface area contributed by atoms with Crippen LogP contribution in [-0.2, 0) is 0 Å². The van der Waals surface area contributed by atoms with Crippen LogP contribution in [0, 0.1) is 0 Å². The van der Waals surface area contributed by atoms with Gasteiger partial charge in [-0.1, -0.05) is 54.7 Å². The first kappa shape index (κ1) is 13.6. The maximum absolute atomic E-state index is 9.50. The lowest BCUT2D eigenvalue weighted by atomic mass is 10.2. The van der Waals surface area contributed by atoms with Crippen LogP contribution in [0.5, 0.6) is 0 Å². The molecule has 0 saturated heterocycles. The normalized spacial score (nSPS) is 16.2. The molecule has 0 aromatic rings. The predicted octanol–water partition coefficient (Wildman–Crippen LogP) is 4.54. The van der Waals surface area contributed by atoms with E-state index >= 15 is 0 Å². The summed E-state index contributed by atoms with van der Waals surface area (Å²) in [7, 11) is 0.500. The minimum Gasteiger partial charge on any atom is -0.255 e. The molecule has 0 nitrogen and oxygen atoms in total. The van der Waals surface area contributed by atoms with E-state index in [9.17, 15) is 4.39 Å². The molecule has 0 aromatic carbocycles. The summed E-state index contributed by atoms with van der Waals surface area (Å²) in [6.07, 6.45) is 16.8. The highest BCUT2D eigenvalue weighted by Gasteiger charge is 2.02. The Kier molecular flexibility index (Phi) is 8.36. The Labute approximate surface area is 92.2 Å². The molecule has 1 aliphatic rings. The zero-order valence-electron chi connectivity index (χ0n) is 9.54. The summed E-state index contributed by atoms with van der Waals surface area (Å²) < 4.78 is 9.50. The van der Waals surface area contributed by atoms with Gasteiger partial charge < -0.3 is 0 Å². The second-order valence-corrected chi connectivity index (χ2v) is 3.15. The van der Waals surface area contributed by atoms with Crippen LogP contribution in [0.2, 0.25) is 0 Å². The minimum absolute atomic E-state index is 0.500. The summed E-state index contributed by atoms with van der Waals surface area (Å²) >= 11 is 0. The maximum Gasteiger partial charge on any atom is 0.0785 e. The number of allylic oxidation sites excluding steroid dienone is 9. The predicted molar refractivity (Wildman–Crippen MR) is 66.6 cm³/mol. The Bertz CT molecular complexity index is 290. The lowest BCUT2D eigenvalue weighted by Gasteiger charge is -1.86. The van der Waals surface area contributed by atoms with Crippen molar-refractivity contribution in [2.75, 3.05) is 7.18 Å². The van der Waals surface area contributed by atoms with Gasteiger partial charge in [0, 0.05) is 0 Å². The summed E-state index contributed by atoms with van der Waals surface area (Å²) in [4.78, 5) is 0. The summed E-state index contributed by atoms with van der Waals surface area (Å²) in [6, 6.07) is 0. The molecule has 0 bridgehead atoms. The van der Waals surface area contributed by atoms with Crippen LogP contribution in [0.4, 0.5) is 4.39 Å². The van der Waals surface area contributed by atoms with E-state index in [1.54, 1.807) is 0 Å². The number of halogens is 1. The van der Waals surface area contributed by atoms with E-state index in [4.69, 9.17) is 0 Å². The molecule has 0 amide bonds.